The Morgan fingerprint density at radius 1 is 1.05 bits per heavy atom. The first-order valence-corrected chi connectivity index (χ1v) is 16.4. The second-order valence-electron chi connectivity index (χ2n) is 11.7. The van der Waals surface area contributed by atoms with Crippen molar-refractivity contribution in [3.05, 3.63) is 25.3 Å². The molecule has 2 amide bonds. The van der Waals surface area contributed by atoms with Crippen molar-refractivity contribution < 1.29 is 27.5 Å². The molecule has 0 N–H and O–H groups in total. The number of thiol groups is 2. The lowest BCUT2D eigenvalue weighted by Gasteiger charge is -2.41. The Balaban J connectivity index is 6.49. The van der Waals surface area contributed by atoms with Crippen molar-refractivity contribution in [3.63, 3.8) is 0 Å². The van der Waals surface area contributed by atoms with E-state index in [9.17, 15) is 19.2 Å². The summed E-state index contributed by atoms with van der Waals surface area (Å²) >= 11 is 9.29. The monoisotopic (exact) mass is 641 g/mol. The number of nitrogens with zero attached hydrogens (tertiary/aromatic N) is 3. The third-order valence-electron chi connectivity index (χ3n) is 7.73. The van der Waals surface area contributed by atoms with Crippen LogP contribution in [0.2, 0.25) is 0 Å². The summed E-state index contributed by atoms with van der Waals surface area (Å²) in [6.45, 7) is 15.4. The van der Waals surface area contributed by atoms with Gasteiger partial charge in [-0.05, 0) is 52.6 Å². The summed E-state index contributed by atoms with van der Waals surface area (Å²) in [5, 5.41) is 0. The van der Waals surface area contributed by atoms with Crippen molar-refractivity contribution in [2.45, 2.75) is 116 Å². The number of hydrogen-bond donors (Lipinski definition) is 2. The summed E-state index contributed by atoms with van der Waals surface area (Å²) in [6, 6.07) is -2.20. The quantitative estimate of drug-likeness (QED) is 0.0373. The van der Waals surface area contributed by atoms with E-state index in [0.717, 1.165) is 42.7 Å². The van der Waals surface area contributed by atoms with Crippen molar-refractivity contribution in [3.8, 4) is 0 Å². The number of likely N-dealkylation sites (N-methyl/N-ethyl adjacent to an activating group) is 1. The number of carbonyl (C=O) groups excluding carboxylic acids is 4. The maximum atomic E-state index is 14.2. The smallest absolute Gasteiger partial charge is 0.464 e. The van der Waals surface area contributed by atoms with E-state index in [1.807, 2.05) is 13.8 Å². The number of amides is 2. The van der Waals surface area contributed by atoms with Crippen LogP contribution in [0.25, 0.3) is 0 Å². The molecule has 0 rings (SSSR count). The van der Waals surface area contributed by atoms with Gasteiger partial charge in [-0.15, -0.1) is 13.2 Å². The first kappa shape index (κ1) is 40.6. The van der Waals surface area contributed by atoms with Crippen LogP contribution in [0.1, 0.15) is 98.3 Å². The van der Waals surface area contributed by atoms with Crippen LogP contribution in [0.4, 0.5) is 0 Å². The van der Waals surface area contributed by atoms with Crippen LogP contribution in [0, 0.1) is 11.8 Å². The molecule has 0 bridgehead atoms. The van der Waals surface area contributed by atoms with Crippen molar-refractivity contribution in [2.24, 2.45) is 11.8 Å². The molecule has 5 atom stereocenters. The second kappa shape index (κ2) is 20.5. The largest absolute Gasteiger partial charge is 0.472 e. The molecule has 0 saturated carbocycles. The second-order valence-corrected chi connectivity index (χ2v) is 13.8. The van der Waals surface area contributed by atoms with E-state index < -0.39 is 33.1 Å². The van der Waals surface area contributed by atoms with Crippen molar-refractivity contribution in [2.75, 3.05) is 20.7 Å². The topological polar surface area (TPSA) is 84.0 Å². The number of quaternary nitrogens is 1. The molecule has 239 valence electrons. The number of esters is 1. The fourth-order valence-corrected chi connectivity index (χ4v) is 6.11. The van der Waals surface area contributed by atoms with Crippen molar-refractivity contribution in [1.82, 2.24) is 9.21 Å². The lowest BCUT2D eigenvalue weighted by atomic mass is 9.87. The van der Waals surface area contributed by atoms with Crippen LogP contribution in [-0.4, -0.2) is 85.6 Å². The third-order valence-corrected chi connectivity index (χ3v) is 9.21. The Morgan fingerprint density at radius 3 is 2.14 bits per heavy atom. The highest BCUT2D eigenvalue weighted by atomic mass is 32.1. The van der Waals surface area contributed by atoms with Gasteiger partial charge >= 0.3 is 22.3 Å². The summed E-state index contributed by atoms with van der Waals surface area (Å²) < 4.78 is 5.69. The summed E-state index contributed by atoms with van der Waals surface area (Å²) in [7, 11) is 7.05. The molecular weight excluding hydrogens is 587 g/mol. The zero-order valence-corrected chi connectivity index (χ0v) is 29.5. The van der Waals surface area contributed by atoms with E-state index in [1.165, 1.54) is 0 Å². The summed E-state index contributed by atoms with van der Waals surface area (Å²) in [5.74, 6) is -1.78. The van der Waals surface area contributed by atoms with Gasteiger partial charge in [0.05, 0.1) is 18.1 Å². The van der Waals surface area contributed by atoms with E-state index in [2.05, 4.69) is 43.3 Å². The minimum absolute atomic E-state index is 0.0211. The molecule has 0 saturated heterocycles. The average Bonchev–Trinajstić information content (AvgIpc) is 2.94. The fraction of sp³-hybridized carbons (Fsp3) is 0.742. The molecule has 0 aromatic rings. The van der Waals surface area contributed by atoms with Crippen LogP contribution in [-0.2, 0) is 23.9 Å². The van der Waals surface area contributed by atoms with E-state index >= 15 is 0 Å². The number of carbonyl (C=O) groups is 4. The molecule has 42 heavy (non-hydrogen) atoms. The van der Waals surface area contributed by atoms with E-state index in [0.29, 0.717) is 25.7 Å². The van der Waals surface area contributed by atoms with E-state index in [-0.39, 0.29) is 37.2 Å². The lowest BCUT2D eigenvalue weighted by Crippen LogP contribution is -2.61. The van der Waals surface area contributed by atoms with Crippen LogP contribution in [0.5, 0.6) is 0 Å². The molecule has 0 aromatic carbocycles. The molecule has 8 nitrogen and oxygen atoms in total. The van der Waals surface area contributed by atoms with Gasteiger partial charge in [-0.2, -0.15) is 0 Å². The number of unbranched alkanes of at least 4 members (excludes halogenated alkanes) is 4. The Kier molecular flexibility index (Phi) is 19.8. The predicted octanol–water partition coefficient (Wildman–Crippen LogP) is 5.69. The first-order chi connectivity index (χ1) is 19.7. The van der Waals surface area contributed by atoms with Crippen LogP contribution in [0.3, 0.4) is 0 Å². The SMILES string of the molecule is C=CCCC(CCCCCCC)C(=O)[N+]([Si])(S)[C@@H](CC(C)C)C(=O)N(S)[C@@H](CC(C=O)(CC=C)N(C)C)C(=O)OCC. The van der Waals surface area contributed by atoms with E-state index in [1.54, 1.807) is 38.1 Å². The Labute approximate surface area is 269 Å². The van der Waals surface area contributed by atoms with E-state index in [4.69, 9.17) is 17.6 Å². The molecular formula is C31H55N3O5S2Si+. The van der Waals surface area contributed by atoms with Gasteiger partial charge in [0.25, 0.3) is 5.91 Å². The first-order valence-electron chi connectivity index (χ1n) is 15.2. The molecule has 3 radical (unpaired) electrons. The molecule has 0 aromatic heterocycles. The minimum atomic E-state index is -1.20. The molecule has 0 heterocycles. The van der Waals surface area contributed by atoms with Gasteiger partial charge in [0.15, 0.2) is 6.04 Å². The lowest BCUT2D eigenvalue weighted by molar-refractivity contribution is -0.612. The van der Waals surface area contributed by atoms with Gasteiger partial charge in [-0.1, -0.05) is 77.8 Å². The molecule has 3 unspecified atom stereocenters. The maximum Gasteiger partial charge on any atom is 0.472 e. The number of allylic oxidation sites excluding steroid dienone is 1. The van der Waals surface area contributed by atoms with Crippen LogP contribution >= 0.6 is 25.6 Å². The zero-order chi connectivity index (χ0) is 32.5. The van der Waals surface area contributed by atoms with Crippen LogP contribution in [0.15, 0.2) is 25.3 Å². The van der Waals surface area contributed by atoms with Gasteiger partial charge < -0.3 is 9.53 Å². The molecule has 0 spiro atoms. The highest BCUT2D eigenvalue weighted by Gasteiger charge is 2.50. The van der Waals surface area contributed by atoms with Gasteiger partial charge in [0.1, 0.15) is 12.3 Å². The molecule has 0 fully saturated rings. The Hall–Kier alpha value is -1.40. The maximum absolute atomic E-state index is 14.2. The van der Waals surface area contributed by atoms with Crippen LogP contribution < -0.4 is 0 Å². The van der Waals surface area contributed by atoms with Gasteiger partial charge in [0, 0.05) is 25.7 Å². The number of rotatable bonds is 23. The summed E-state index contributed by atoms with van der Waals surface area (Å²) in [4.78, 5) is 55.5. The van der Waals surface area contributed by atoms with Gasteiger partial charge in [0.2, 0.25) is 0 Å². The number of ether oxygens (including phenoxy) is 1. The highest BCUT2D eigenvalue weighted by molar-refractivity contribution is 7.78. The predicted molar refractivity (Wildman–Crippen MR) is 178 cm³/mol. The molecule has 0 aliphatic carbocycles. The number of aldehydes is 1. The zero-order valence-electron chi connectivity index (χ0n) is 26.7. The van der Waals surface area contributed by atoms with Crippen molar-refractivity contribution >= 4 is 60.1 Å². The van der Waals surface area contributed by atoms with Gasteiger partial charge in [-0.25, -0.2) is 13.1 Å². The average molecular weight is 642 g/mol. The Morgan fingerprint density at radius 2 is 1.67 bits per heavy atom. The number of hydrogen-bond acceptors (Lipinski definition) is 8. The minimum Gasteiger partial charge on any atom is -0.464 e. The third kappa shape index (κ3) is 12.3. The highest BCUT2D eigenvalue weighted by Crippen LogP contribution is 2.32. The summed E-state index contributed by atoms with van der Waals surface area (Å²) in [5.41, 5.74) is -1.13. The normalized spacial score (nSPS) is 16.5. The summed E-state index contributed by atoms with van der Waals surface area (Å²) in [6.07, 6.45) is 11.9. The Bertz CT molecular complexity index is 887. The molecule has 11 heteroatoms. The van der Waals surface area contributed by atoms with Gasteiger partial charge in [-0.3, -0.25) is 14.0 Å². The molecule has 0 aliphatic rings. The molecule has 0 aliphatic heterocycles. The van der Waals surface area contributed by atoms with Crippen molar-refractivity contribution in [1.29, 1.82) is 0 Å². The standard InChI is InChI=1S/C31H55N3O5S2Si/c1-9-13-15-16-17-19-25(18-14-10-2)29(37)34(41,42)27(21-24(5)6)28(36)33(40)26(30(38)39-12-4)22-31(23-35,20-11-3)32(7)8/h10-11,23-27,40-41H,2-3,9,12-22H2,1,4-8H3/q+1/t25?,26-,27-,31?,34?/m0/s1. The fourth-order valence-electron chi connectivity index (χ4n) is 5.05.